The van der Waals surface area contributed by atoms with Gasteiger partial charge in [-0.2, -0.15) is 13.2 Å². The van der Waals surface area contributed by atoms with Gasteiger partial charge in [0.2, 0.25) is 15.8 Å². The number of halogens is 3. The Kier molecular flexibility index (Phi) is 4.37. The second-order valence-electron chi connectivity index (χ2n) is 4.59. The number of carbonyl (C=O) groups is 1. The van der Waals surface area contributed by atoms with E-state index >= 15 is 0 Å². The van der Waals surface area contributed by atoms with E-state index in [1.807, 2.05) is 0 Å². The van der Waals surface area contributed by atoms with Crippen LogP contribution in [0.2, 0.25) is 0 Å². The Balaban J connectivity index is 2.41. The van der Waals surface area contributed by atoms with Crippen LogP contribution in [0.25, 0.3) is 11.1 Å². The summed E-state index contributed by atoms with van der Waals surface area (Å²) in [6.45, 7) is 0. The Labute approximate surface area is 129 Å². The number of benzene rings is 1. The van der Waals surface area contributed by atoms with Gasteiger partial charge in [-0.1, -0.05) is 6.07 Å². The number of anilines is 1. The standard InChI is InChI=1S/C13H10F3N3O3S/c1-23(21,22)19-10-2-3-11(8(4-10)7-20)9-5-17-12(18-6-9)13(14,15)16/h2-7,19H,1H3. The van der Waals surface area contributed by atoms with Crippen LogP contribution in [0.4, 0.5) is 18.9 Å². The van der Waals surface area contributed by atoms with Gasteiger partial charge >= 0.3 is 6.18 Å². The summed E-state index contributed by atoms with van der Waals surface area (Å²) in [6, 6.07) is 4.03. The minimum atomic E-state index is -4.66. The van der Waals surface area contributed by atoms with Crippen molar-refractivity contribution in [1.82, 2.24) is 9.97 Å². The normalized spacial score (nSPS) is 12.0. The molecule has 0 unspecified atom stereocenters. The summed E-state index contributed by atoms with van der Waals surface area (Å²) in [5.74, 6) is -1.29. The number of nitrogens with zero attached hydrogens (tertiary/aromatic N) is 2. The molecule has 0 aliphatic carbocycles. The third-order valence-electron chi connectivity index (χ3n) is 2.70. The zero-order chi connectivity index (χ0) is 17.3. The minimum absolute atomic E-state index is 0.0852. The zero-order valence-corrected chi connectivity index (χ0v) is 12.4. The monoisotopic (exact) mass is 345 g/mol. The summed E-state index contributed by atoms with van der Waals surface area (Å²) in [7, 11) is -3.52. The van der Waals surface area contributed by atoms with Crippen molar-refractivity contribution in [3.63, 3.8) is 0 Å². The largest absolute Gasteiger partial charge is 0.451 e. The highest BCUT2D eigenvalue weighted by atomic mass is 32.2. The van der Waals surface area contributed by atoms with Gasteiger partial charge in [-0.3, -0.25) is 9.52 Å². The van der Waals surface area contributed by atoms with Gasteiger partial charge in [-0.05, 0) is 17.7 Å². The van der Waals surface area contributed by atoms with E-state index in [9.17, 15) is 26.4 Å². The molecule has 0 aliphatic rings. The first-order valence-corrected chi connectivity index (χ1v) is 7.96. The van der Waals surface area contributed by atoms with Crippen LogP contribution in [0.15, 0.2) is 30.6 Å². The topological polar surface area (TPSA) is 89.0 Å². The fourth-order valence-electron chi connectivity index (χ4n) is 1.81. The first-order valence-electron chi connectivity index (χ1n) is 6.07. The van der Waals surface area contributed by atoms with E-state index < -0.39 is 22.0 Å². The molecule has 0 atom stereocenters. The Hall–Kier alpha value is -2.49. The smallest absolute Gasteiger partial charge is 0.298 e. The number of nitrogens with one attached hydrogen (secondary N) is 1. The van der Waals surface area contributed by atoms with Crippen LogP contribution < -0.4 is 4.72 Å². The molecule has 0 aliphatic heterocycles. The van der Waals surface area contributed by atoms with Gasteiger partial charge in [-0.25, -0.2) is 18.4 Å². The molecule has 2 rings (SSSR count). The van der Waals surface area contributed by atoms with E-state index in [-0.39, 0.29) is 22.4 Å². The predicted octanol–water partition coefficient (Wildman–Crippen LogP) is 2.35. The van der Waals surface area contributed by atoms with E-state index in [0.717, 1.165) is 18.6 Å². The third kappa shape index (κ3) is 4.25. The molecule has 1 aromatic heterocycles. The van der Waals surface area contributed by atoms with Crippen molar-refractivity contribution in [3.8, 4) is 11.1 Å². The first-order chi connectivity index (χ1) is 10.6. The number of carbonyl (C=O) groups excluding carboxylic acids is 1. The lowest BCUT2D eigenvalue weighted by atomic mass is 10.0. The Morgan fingerprint density at radius 1 is 1.17 bits per heavy atom. The quantitative estimate of drug-likeness (QED) is 0.859. The maximum absolute atomic E-state index is 12.4. The van der Waals surface area contributed by atoms with Gasteiger partial charge in [0.05, 0.1) is 6.26 Å². The molecule has 122 valence electrons. The molecule has 23 heavy (non-hydrogen) atoms. The number of hydrogen-bond acceptors (Lipinski definition) is 5. The molecule has 10 heteroatoms. The molecule has 6 nitrogen and oxygen atoms in total. The molecule has 0 radical (unpaired) electrons. The van der Waals surface area contributed by atoms with Crippen LogP contribution in [0, 0.1) is 0 Å². The predicted molar refractivity (Wildman–Crippen MR) is 76.3 cm³/mol. The van der Waals surface area contributed by atoms with E-state index in [4.69, 9.17) is 0 Å². The Morgan fingerprint density at radius 3 is 2.26 bits per heavy atom. The zero-order valence-electron chi connectivity index (χ0n) is 11.6. The van der Waals surface area contributed by atoms with Crippen molar-refractivity contribution in [2.45, 2.75) is 6.18 Å². The summed E-state index contributed by atoms with van der Waals surface area (Å²) in [6.07, 6.45) is -1.36. The van der Waals surface area contributed by atoms with Crippen molar-refractivity contribution >= 4 is 22.0 Å². The van der Waals surface area contributed by atoms with Crippen LogP contribution in [-0.4, -0.2) is 30.9 Å². The highest BCUT2D eigenvalue weighted by Gasteiger charge is 2.34. The lowest BCUT2D eigenvalue weighted by molar-refractivity contribution is -0.144. The molecule has 0 spiro atoms. The van der Waals surface area contributed by atoms with Crippen LogP contribution in [0.3, 0.4) is 0 Å². The molecule has 0 amide bonds. The summed E-state index contributed by atoms with van der Waals surface area (Å²) in [5, 5.41) is 0. The fraction of sp³-hybridized carbons (Fsp3) is 0.154. The van der Waals surface area contributed by atoms with E-state index in [0.29, 0.717) is 6.29 Å². The number of alkyl halides is 3. The maximum atomic E-state index is 12.4. The second kappa shape index (κ2) is 5.95. The van der Waals surface area contributed by atoms with Crippen LogP contribution in [0.5, 0.6) is 0 Å². The summed E-state index contributed by atoms with van der Waals surface area (Å²) >= 11 is 0. The van der Waals surface area contributed by atoms with Crippen LogP contribution >= 0.6 is 0 Å². The second-order valence-corrected chi connectivity index (χ2v) is 6.34. The number of aldehydes is 1. The molecular formula is C13H10F3N3O3S. The molecule has 0 fully saturated rings. The molecule has 0 saturated carbocycles. The molecular weight excluding hydrogens is 335 g/mol. The van der Waals surface area contributed by atoms with Gasteiger partial charge in [0.15, 0.2) is 6.29 Å². The summed E-state index contributed by atoms with van der Waals surface area (Å²) in [5.41, 5.74) is 0.729. The van der Waals surface area contributed by atoms with Crippen LogP contribution in [0.1, 0.15) is 16.2 Å². The van der Waals surface area contributed by atoms with E-state index in [1.54, 1.807) is 0 Å². The van der Waals surface area contributed by atoms with E-state index in [2.05, 4.69) is 14.7 Å². The van der Waals surface area contributed by atoms with Crippen molar-refractivity contribution in [1.29, 1.82) is 0 Å². The third-order valence-corrected chi connectivity index (χ3v) is 3.30. The van der Waals surface area contributed by atoms with Crippen molar-refractivity contribution in [3.05, 3.63) is 42.0 Å². The SMILES string of the molecule is CS(=O)(=O)Nc1ccc(-c2cnc(C(F)(F)F)nc2)c(C=O)c1. The molecule has 2 aromatic rings. The van der Waals surface area contributed by atoms with Crippen LogP contribution in [-0.2, 0) is 16.2 Å². The van der Waals surface area contributed by atoms with Crippen molar-refractivity contribution < 1.29 is 26.4 Å². The minimum Gasteiger partial charge on any atom is -0.298 e. The van der Waals surface area contributed by atoms with Gasteiger partial charge < -0.3 is 0 Å². The average Bonchev–Trinajstić information content (AvgIpc) is 2.44. The molecule has 1 N–H and O–H groups in total. The van der Waals surface area contributed by atoms with Gasteiger partial charge in [0.1, 0.15) is 0 Å². The number of sulfonamides is 1. The highest BCUT2D eigenvalue weighted by Crippen LogP contribution is 2.28. The van der Waals surface area contributed by atoms with Gasteiger partial charge in [0, 0.05) is 29.2 Å². The molecule has 0 saturated heterocycles. The number of rotatable bonds is 4. The van der Waals surface area contributed by atoms with E-state index in [1.165, 1.54) is 18.2 Å². The fourth-order valence-corrected chi connectivity index (χ4v) is 2.37. The maximum Gasteiger partial charge on any atom is 0.451 e. The van der Waals surface area contributed by atoms with Gasteiger partial charge in [-0.15, -0.1) is 0 Å². The molecule has 0 bridgehead atoms. The highest BCUT2D eigenvalue weighted by molar-refractivity contribution is 7.92. The number of hydrogen-bond donors (Lipinski definition) is 1. The average molecular weight is 345 g/mol. The first kappa shape index (κ1) is 16.9. The summed E-state index contributed by atoms with van der Waals surface area (Å²) in [4.78, 5) is 17.6. The summed E-state index contributed by atoms with van der Waals surface area (Å²) < 4.78 is 61.8. The van der Waals surface area contributed by atoms with Crippen molar-refractivity contribution in [2.75, 3.05) is 11.0 Å². The molecule has 1 aromatic carbocycles. The van der Waals surface area contributed by atoms with Crippen molar-refractivity contribution in [2.24, 2.45) is 0 Å². The number of aromatic nitrogens is 2. The Morgan fingerprint density at radius 2 is 1.78 bits per heavy atom. The molecule has 1 heterocycles. The van der Waals surface area contributed by atoms with Gasteiger partial charge in [0.25, 0.3) is 0 Å². The lowest BCUT2D eigenvalue weighted by Gasteiger charge is -2.09. The Bertz CT molecular complexity index is 834. The lowest BCUT2D eigenvalue weighted by Crippen LogP contribution is -2.11.